The SMILES string of the molecule is CC1C(C(=O)O)CCN1C(=O)c1cc2sccc2s1. The first-order chi connectivity index (χ1) is 9.08. The molecule has 1 fully saturated rings. The Morgan fingerprint density at radius 1 is 1.42 bits per heavy atom. The Bertz CT molecular complexity index is 617. The summed E-state index contributed by atoms with van der Waals surface area (Å²) < 4.78 is 2.24. The van der Waals surface area contributed by atoms with Gasteiger partial charge in [0.25, 0.3) is 5.91 Å². The van der Waals surface area contributed by atoms with Gasteiger partial charge < -0.3 is 10.0 Å². The van der Waals surface area contributed by atoms with Gasteiger partial charge in [-0.1, -0.05) is 0 Å². The number of thiophene rings is 2. The summed E-state index contributed by atoms with van der Waals surface area (Å²) >= 11 is 3.10. The van der Waals surface area contributed by atoms with Crippen molar-refractivity contribution in [2.24, 2.45) is 5.92 Å². The monoisotopic (exact) mass is 295 g/mol. The van der Waals surface area contributed by atoms with Crippen molar-refractivity contribution < 1.29 is 14.7 Å². The van der Waals surface area contributed by atoms with Crippen molar-refractivity contribution >= 4 is 43.9 Å². The van der Waals surface area contributed by atoms with E-state index >= 15 is 0 Å². The van der Waals surface area contributed by atoms with Crippen LogP contribution in [0.25, 0.3) is 9.40 Å². The number of carbonyl (C=O) groups excluding carboxylic acids is 1. The summed E-state index contributed by atoms with van der Waals surface area (Å²) in [5.41, 5.74) is 0. The molecule has 2 unspecified atom stereocenters. The van der Waals surface area contributed by atoms with Crippen molar-refractivity contribution in [3.63, 3.8) is 0 Å². The van der Waals surface area contributed by atoms with E-state index in [0.717, 1.165) is 9.40 Å². The van der Waals surface area contributed by atoms with Gasteiger partial charge in [0.15, 0.2) is 0 Å². The highest BCUT2D eigenvalue weighted by atomic mass is 32.1. The highest BCUT2D eigenvalue weighted by Crippen LogP contribution is 2.33. The van der Waals surface area contributed by atoms with Gasteiger partial charge in [-0.3, -0.25) is 9.59 Å². The number of amides is 1. The fraction of sp³-hybridized carbons (Fsp3) is 0.385. The topological polar surface area (TPSA) is 57.6 Å². The zero-order valence-corrected chi connectivity index (χ0v) is 12.0. The molecule has 0 spiro atoms. The molecule has 2 aromatic heterocycles. The molecule has 0 bridgehead atoms. The summed E-state index contributed by atoms with van der Waals surface area (Å²) in [6, 6.07) is 3.69. The first kappa shape index (κ1) is 12.6. The molecule has 4 nitrogen and oxygen atoms in total. The van der Waals surface area contributed by atoms with Gasteiger partial charge >= 0.3 is 5.97 Å². The van der Waals surface area contributed by atoms with Crippen molar-refractivity contribution in [3.8, 4) is 0 Å². The van der Waals surface area contributed by atoms with E-state index in [4.69, 9.17) is 5.11 Å². The Balaban J connectivity index is 1.85. The third-order valence-electron chi connectivity index (χ3n) is 3.68. The molecule has 1 N–H and O–H groups in total. The second-order valence-electron chi connectivity index (χ2n) is 4.73. The van der Waals surface area contributed by atoms with Crippen molar-refractivity contribution in [3.05, 3.63) is 22.4 Å². The smallest absolute Gasteiger partial charge is 0.308 e. The molecule has 2 atom stereocenters. The van der Waals surface area contributed by atoms with Gasteiger partial charge in [0.05, 0.1) is 10.8 Å². The average Bonchev–Trinajstić information content (AvgIpc) is 3.00. The van der Waals surface area contributed by atoms with E-state index in [1.807, 2.05) is 24.4 Å². The molecule has 1 aliphatic rings. The molecule has 3 heterocycles. The second-order valence-corrected chi connectivity index (χ2v) is 6.76. The molecule has 3 rings (SSSR count). The van der Waals surface area contributed by atoms with Crippen LogP contribution in [0.5, 0.6) is 0 Å². The minimum absolute atomic E-state index is 0.0374. The number of carbonyl (C=O) groups is 2. The van der Waals surface area contributed by atoms with Crippen LogP contribution >= 0.6 is 22.7 Å². The molecule has 1 saturated heterocycles. The van der Waals surface area contributed by atoms with E-state index in [0.29, 0.717) is 17.8 Å². The van der Waals surface area contributed by atoms with Crippen molar-refractivity contribution in [2.45, 2.75) is 19.4 Å². The molecule has 6 heteroatoms. The van der Waals surface area contributed by atoms with Crippen LogP contribution in [0.1, 0.15) is 23.0 Å². The molecule has 2 aromatic rings. The Labute approximate surface area is 118 Å². The van der Waals surface area contributed by atoms with Crippen LogP contribution in [0.2, 0.25) is 0 Å². The minimum Gasteiger partial charge on any atom is -0.481 e. The van der Waals surface area contributed by atoms with Crippen LogP contribution in [0, 0.1) is 5.92 Å². The van der Waals surface area contributed by atoms with E-state index in [2.05, 4.69) is 0 Å². The zero-order valence-electron chi connectivity index (χ0n) is 10.3. The number of hydrogen-bond acceptors (Lipinski definition) is 4. The van der Waals surface area contributed by atoms with Gasteiger partial charge in [0.1, 0.15) is 0 Å². The molecule has 100 valence electrons. The highest BCUT2D eigenvalue weighted by Gasteiger charge is 2.38. The van der Waals surface area contributed by atoms with Crippen LogP contribution in [0.4, 0.5) is 0 Å². The fourth-order valence-electron chi connectivity index (χ4n) is 2.57. The predicted octanol–water partition coefficient (Wildman–Crippen LogP) is 2.90. The van der Waals surface area contributed by atoms with Gasteiger partial charge in [-0.05, 0) is 30.9 Å². The van der Waals surface area contributed by atoms with Crippen molar-refractivity contribution in [1.82, 2.24) is 4.90 Å². The maximum atomic E-state index is 12.4. The highest BCUT2D eigenvalue weighted by molar-refractivity contribution is 7.27. The van der Waals surface area contributed by atoms with E-state index < -0.39 is 11.9 Å². The molecule has 19 heavy (non-hydrogen) atoms. The molecule has 1 amide bonds. The Morgan fingerprint density at radius 2 is 2.21 bits per heavy atom. The van der Waals surface area contributed by atoms with Crippen molar-refractivity contribution in [1.29, 1.82) is 0 Å². The number of likely N-dealkylation sites (tertiary alicyclic amines) is 1. The summed E-state index contributed by atoms with van der Waals surface area (Å²) in [5, 5.41) is 11.1. The van der Waals surface area contributed by atoms with Gasteiger partial charge in [-0.25, -0.2) is 0 Å². The van der Waals surface area contributed by atoms with Crippen LogP contribution in [0.15, 0.2) is 17.5 Å². The summed E-state index contributed by atoms with van der Waals surface area (Å²) in [5.74, 6) is -1.29. The molecular formula is C13H13NO3S2. The zero-order chi connectivity index (χ0) is 13.6. The molecule has 0 aromatic carbocycles. The van der Waals surface area contributed by atoms with Gasteiger partial charge in [0.2, 0.25) is 0 Å². The fourth-order valence-corrected chi connectivity index (χ4v) is 4.63. The number of carboxylic acid groups (broad SMARTS) is 1. The lowest BCUT2D eigenvalue weighted by molar-refractivity contribution is -0.142. The number of carboxylic acids is 1. The van der Waals surface area contributed by atoms with Crippen molar-refractivity contribution in [2.75, 3.05) is 6.54 Å². The molecule has 0 aliphatic carbocycles. The molecule has 1 aliphatic heterocycles. The van der Waals surface area contributed by atoms with E-state index in [1.54, 1.807) is 16.2 Å². The van der Waals surface area contributed by atoms with Gasteiger partial charge in [0, 0.05) is 22.0 Å². The lowest BCUT2D eigenvalue weighted by Crippen LogP contribution is -2.37. The minimum atomic E-state index is -0.810. The van der Waals surface area contributed by atoms with Crippen LogP contribution in [-0.2, 0) is 4.79 Å². The average molecular weight is 295 g/mol. The number of fused-ring (bicyclic) bond motifs is 1. The number of nitrogens with zero attached hydrogens (tertiary/aromatic N) is 1. The predicted molar refractivity (Wildman–Crippen MR) is 75.9 cm³/mol. The number of rotatable bonds is 2. The standard InChI is InChI=1S/C13H13NO3S2/c1-7-8(13(16)17)2-4-14(7)12(15)11-6-10-9(19-11)3-5-18-10/h3,5-8H,2,4H2,1H3,(H,16,17). The Kier molecular flexibility index (Phi) is 3.06. The van der Waals surface area contributed by atoms with Gasteiger partial charge in [-0.15, -0.1) is 22.7 Å². The van der Waals surface area contributed by atoms with E-state index in [9.17, 15) is 9.59 Å². The second kappa shape index (κ2) is 4.61. The Hall–Kier alpha value is -1.40. The molecule has 0 radical (unpaired) electrons. The summed E-state index contributed by atoms with van der Waals surface area (Å²) in [7, 11) is 0. The van der Waals surface area contributed by atoms with E-state index in [-0.39, 0.29) is 11.9 Å². The maximum Gasteiger partial charge on any atom is 0.308 e. The Morgan fingerprint density at radius 3 is 2.84 bits per heavy atom. The summed E-state index contributed by atoms with van der Waals surface area (Å²) in [6.07, 6.45) is 0.544. The quantitative estimate of drug-likeness (QED) is 0.926. The third-order valence-corrected chi connectivity index (χ3v) is 5.76. The van der Waals surface area contributed by atoms with E-state index in [1.165, 1.54) is 11.3 Å². The summed E-state index contributed by atoms with van der Waals surface area (Å²) in [6.45, 7) is 2.35. The molecular weight excluding hydrogens is 282 g/mol. The lowest BCUT2D eigenvalue weighted by atomic mass is 10.0. The van der Waals surface area contributed by atoms with Gasteiger partial charge in [-0.2, -0.15) is 0 Å². The van der Waals surface area contributed by atoms with Crippen LogP contribution < -0.4 is 0 Å². The third kappa shape index (κ3) is 2.04. The number of aliphatic carboxylic acids is 1. The number of hydrogen-bond donors (Lipinski definition) is 1. The van der Waals surface area contributed by atoms with Crippen LogP contribution in [-0.4, -0.2) is 34.5 Å². The first-order valence-electron chi connectivity index (χ1n) is 6.08. The normalized spacial score (nSPS) is 23.1. The maximum absolute atomic E-state index is 12.4. The summed E-state index contributed by atoms with van der Waals surface area (Å²) in [4.78, 5) is 25.9. The largest absolute Gasteiger partial charge is 0.481 e. The first-order valence-corrected chi connectivity index (χ1v) is 7.78. The lowest BCUT2D eigenvalue weighted by Gasteiger charge is -2.22. The molecule has 0 saturated carbocycles. The van der Waals surface area contributed by atoms with Crippen LogP contribution in [0.3, 0.4) is 0 Å².